The molecule has 0 aromatic heterocycles. The first-order valence-corrected chi connectivity index (χ1v) is 9.19. The molecule has 0 fully saturated rings. The number of nitrogens with zero attached hydrogens (tertiary/aromatic N) is 1. The van der Waals surface area contributed by atoms with Gasteiger partial charge in [-0.25, -0.2) is 0 Å². The summed E-state index contributed by atoms with van der Waals surface area (Å²) in [5.74, 6) is -0.403. The molecule has 2 aromatic rings. The maximum atomic E-state index is 11.9. The smallest absolute Gasteiger partial charge is 0.265 e. The Kier molecular flexibility index (Phi) is 7.23. The van der Waals surface area contributed by atoms with Crippen LogP contribution in [0.25, 0.3) is 0 Å². The van der Waals surface area contributed by atoms with Gasteiger partial charge in [-0.2, -0.15) is 0 Å². The molecule has 2 amide bonds. The summed E-state index contributed by atoms with van der Waals surface area (Å²) in [6, 6.07) is 14.8. The summed E-state index contributed by atoms with van der Waals surface area (Å²) < 4.78 is 0. The highest BCUT2D eigenvalue weighted by atomic mass is 32.2. The van der Waals surface area contributed by atoms with Gasteiger partial charge in [0.05, 0.1) is 5.71 Å². The van der Waals surface area contributed by atoms with Crippen LogP contribution in [-0.2, 0) is 14.4 Å². The van der Waals surface area contributed by atoms with Gasteiger partial charge in [0.15, 0.2) is 6.61 Å². The SMILES string of the molecule is CSc1ccc(NC(=O)CO/N=C(\C)c2ccc(NC(C)=O)cc2)cc1. The van der Waals surface area contributed by atoms with E-state index in [1.807, 2.05) is 42.7 Å². The van der Waals surface area contributed by atoms with Gasteiger partial charge >= 0.3 is 0 Å². The minimum atomic E-state index is -0.278. The van der Waals surface area contributed by atoms with Crippen LogP contribution in [0.2, 0.25) is 0 Å². The number of oxime groups is 1. The lowest BCUT2D eigenvalue weighted by atomic mass is 10.1. The van der Waals surface area contributed by atoms with Crippen LogP contribution >= 0.6 is 11.8 Å². The second-order valence-corrected chi connectivity index (χ2v) is 6.37. The van der Waals surface area contributed by atoms with Crippen LogP contribution in [0.3, 0.4) is 0 Å². The number of rotatable bonds is 7. The van der Waals surface area contributed by atoms with E-state index in [2.05, 4.69) is 15.8 Å². The summed E-state index contributed by atoms with van der Waals surface area (Å²) in [6.07, 6.45) is 2.00. The van der Waals surface area contributed by atoms with Crippen molar-refractivity contribution in [1.82, 2.24) is 0 Å². The van der Waals surface area contributed by atoms with E-state index in [1.165, 1.54) is 6.92 Å². The van der Waals surface area contributed by atoms with Gasteiger partial charge in [0.1, 0.15) is 0 Å². The van der Waals surface area contributed by atoms with E-state index in [4.69, 9.17) is 4.84 Å². The Morgan fingerprint density at radius 3 is 2.12 bits per heavy atom. The van der Waals surface area contributed by atoms with Crippen molar-refractivity contribution in [3.63, 3.8) is 0 Å². The van der Waals surface area contributed by atoms with Gasteiger partial charge in [-0.05, 0) is 55.1 Å². The number of hydrogen-bond donors (Lipinski definition) is 2. The van der Waals surface area contributed by atoms with Gasteiger partial charge in [-0.3, -0.25) is 9.59 Å². The van der Waals surface area contributed by atoms with E-state index in [0.29, 0.717) is 17.1 Å². The summed E-state index contributed by atoms with van der Waals surface area (Å²) in [5.41, 5.74) is 2.90. The monoisotopic (exact) mass is 371 g/mol. The molecule has 136 valence electrons. The standard InChI is InChI=1S/C19H21N3O3S/c1-13(15-4-6-16(7-5-15)20-14(2)23)22-25-12-19(24)21-17-8-10-18(26-3)11-9-17/h4-11H,12H2,1-3H3,(H,20,23)(H,21,24)/b22-13+. The molecule has 2 aromatic carbocycles. The zero-order valence-corrected chi connectivity index (χ0v) is 15.7. The Labute approximate surface area is 157 Å². The Balaban J connectivity index is 1.84. The van der Waals surface area contributed by atoms with E-state index in [9.17, 15) is 9.59 Å². The van der Waals surface area contributed by atoms with Crippen LogP contribution in [0.5, 0.6) is 0 Å². The van der Waals surface area contributed by atoms with Crippen molar-refractivity contribution in [3.8, 4) is 0 Å². The van der Waals surface area contributed by atoms with E-state index in [-0.39, 0.29) is 18.4 Å². The summed E-state index contributed by atoms with van der Waals surface area (Å²) in [7, 11) is 0. The van der Waals surface area contributed by atoms with Crippen molar-refractivity contribution >= 4 is 40.7 Å². The van der Waals surface area contributed by atoms with Crippen LogP contribution in [0.1, 0.15) is 19.4 Å². The maximum absolute atomic E-state index is 11.9. The lowest BCUT2D eigenvalue weighted by Crippen LogP contribution is -2.17. The number of carbonyl (C=O) groups excluding carboxylic acids is 2. The van der Waals surface area contributed by atoms with Crippen LogP contribution < -0.4 is 10.6 Å². The first-order valence-electron chi connectivity index (χ1n) is 7.96. The maximum Gasteiger partial charge on any atom is 0.265 e. The predicted molar refractivity (Wildman–Crippen MR) is 106 cm³/mol. The zero-order valence-electron chi connectivity index (χ0n) is 14.9. The minimum absolute atomic E-state index is 0.124. The number of anilines is 2. The minimum Gasteiger partial charge on any atom is -0.385 e. The van der Waals surface area contributed by atoms with Crippen molar-refractivity contribution in [1.29, 1.82) is 0 Å². The van der Waals surface area contributed by atoms with E-state index >= 15 is 0 Å². The largest absolute Gasteiger partial charge is 0.385 e. The van der Waals surface area contributed by atoms with Crippen molar-refractivity contribution < 1.29 is 14.4 Å². The molecule has 0 bridgehead atoms. The number of carbonyl (C=O) groups is 2. The molecule has 0 saturated carbocycles. The molecule has 6 nitrogen and oxygen atoms in total. The molecule has 0 radical (unpaired) electrons. The highest BCUT2D eigenvalue weighted by Crippen LogP contribution is 2.17. The number of nitrogens with one attached hydrogen (secondary N) is 2. The van der Waals surface area contributed by atoms with Crippen molar-refractivity contribution in [2.75, 3.05) is 23.5 Å². The first kappa shape index (κ1) is 19.5. The van der Waals surface area contributed by atoms with Gasteiger partial charge in [0, 0.05) is 23.2 Å². The summed E-state index contributed by atoms with van der Waals surface area (Å²) in [5, 5.41) is 9.40. The fourth-order valence-corrected chi connectivity index (χ4v) is 2.52. The predicted octanol–water partition coefficient (Wildman–Crippen LogP) is 3.75. The molecule has 0 spiro atoms. The molecule has 2 rings (SSSR count). The number of thioether (sulfide) groups is 1. The number of benzene rings is 2. The Morgan fingerprint density at radius 2 is 1.54 bits per heavy atom. The topological polar surface area (TPSA) is 79.8 Å². The molecule has 0 aliphatic heterocycles. The summed E-state index contributed by atoms with van der Waals surface area (Å²) in [4.78, 5) is 29.1. The zero-order chi connectivity index (χ0) is 18.9. The first-order chi connectivity index (χ1) is 12.5. The summed E-state index contributed by atoms with van der Waals surface area (Å²) >= 11 is 1.64. The summed E-state index contributed by atoms with van der Waals surface area (Å²) in [6.45, 7) is 3.06. The molecule has 0 heterocycles. The Bertz CT molecular complexity index is 787. The van der Waals surface area contributed by atoms with Crippen LogP contribution in [0.4, 0.5) is 11.4 Å². The third-order valence-corrected chi connectivity index (χ3v) is 4.14. The molecule has 0 aliphatic rings. The van der Waals surface area contributed by atoms with Crippen molar-refractivity contribution in [2.45, 2.75) is 18.7 Å². The highest BCUT2D eigenvalue weighted by Gasteiger charge is 2.04. The fourth-order valence-electron chi connectivity index (χ4n) is 2.11. The van der Waals surface area contributed by atoms with Crippen LogP contribution in [0, 0.1) is 0 Å². The van der Waals surface area contributed by atoms with Gasteiger partial charge in [0.25, 0.3) is 5.91 Å². The van der Waals surface area contributed by atoms with E-state index < -0.39 is 0 Å². The Hall–Kier alpha value is -2.80. The van der Waals surface area contributed by atoms with Gasteiger partial charge in [0.2, 0.25) is 5.91 Å². The van der Waals surface area contributed by atoms with E-state index in [1.54, 1.807) is 30.8 Å². The molecule has 26 heavy (non-hydrogen) atoms. The van der Waals surface area contributed by atoms with Crippen molar-refractivity contribution in [2.24, 2.45) is 5.16 Å². The van der Waals surface area contributed by atoms with Gasteiger partial charge in [-0.1, -0.05) is 17.3 Å². The fraction of sp³-hybridized carbons (Fsp3) is 0.211. The second kappa shape index (κ2) is 9.62. The molecule has 0 unspecified atom stereocenters. The average molecular weight is 371 g/mol. The second-order valence-electron chi connectivity index (χ2n) is 5.49. The van der Waals surface area contributed by atoms with Crippen LogP contribution in [-0.4, -0.2) is 30.4 Å². The molecular weight excluding hydrogens is 350 g/mol. The Morgan fingerprint density at radius 1 is 0.962 bits per heavy atom. The third-order valence-electron chi connectivity index (χ3n) is 3.39. The average Bonchev–Trinajstić information content (AvgIpc) is 2.62. The van der Waals surface area contributed by atoms with Crippen molar-refractivity contribution in [3.05, 3.63) is 54.1 Å². The molecule has 0 aliphatic carbocycles. The third kappa shape index (κ3) is 6.25. The lowest BCUT2D eigenvalue weighted by Gasteiger charge is -2.06. The molecule has 0 atom stereocenters. The van der Waals surface area contributed by atoms with Gasteiger partial charge < -0.3 is 15.5 Å². The van der Waals surface area contributed by atoms with Crippen LogP contribution in [0.15, 0.2) is 58.6 Å². The normalized spacial score (nSPS) is 11.0. The number of hydrogen-bond acceptors (Lipinski definition) is 5. The number of amides is 2. The van der Waals surface area contributed by atoms with Gasteiger partial charge in [-0.15, -0.1) is 11.8 Å². The lowest BCUT2D eigenvalue weighted by molar-refractivity contribution is -0.120. The molecular formula is C19H21N3O3S. The quantitative estimate of drug-likeness (QED) is 0.441. The molecule has 2 N–H and O–H groups in total. The van der Waals surface area contributed by atoms with E-state index in [0.717, 1.165) is 10.5 Å². The molecule has 7 heteroatoms. The highest BCUT2D eigenvalue weighted by molar-refractivity contribution is 7.98. The molecule has 0 saturated heterocycles.